The molecule has 1 atom stereocenters. The number of amides is 1. The van der Waals surface area contributed by atoms with E-state index in [1.165, 1.54) is 24.2 Å². The van der Waals surface area contributed by atoms with E-state index in [0.717, 1.165) is 23.3 Å². The SMILES string of the molecule is CC1(C)[C@@H](NC(=O)c2nc3ccccc3s2)C2CCN1CC2. The van der Waals surface area contributed by atoms with Gasteiger partial charge in [-0.1, -0.05) is 12.1 Å². The van der Waals surface area contributed by atoms with E-state index >= 15 is 0 Å². The van der Waals surface area contributed by atoms with Crippen LogP contribution >= 0.6 is 11.3 Å². The average Bonchev–Trinajstić information content (AvgIpc) is 2.95. The third-order valence-corrected chi connectivity index (χ3v) is 6.40. The number of hydrogen-bond donors (Lipinski definition) is 1. The Balaban J connectivity index is 1.58. The second kappa shape index (κ2) is 5.03. The van der Waals surface area contributed by atoms with Crippen molar-refractivity contribution in [1.82, 2.24) is 15.2 Å². The Kier molecular flexibility index (Phi) is 3.24. The predicted molar refractivity (Wildman–Crippen MR) is 89.3 cm³/mol. The van der Waals surface area contributed by atoms with E-state index < -0.39 is 0 Å². The maximum atomic E-state index is 12.7. The van der Waals surface area contributed by atoms with Crippen LogP contribution in [0.3, 0.4) is 0 Å². The minimum absolute atomic E-state index is 0.0203. The summed E-state index contributed by atoms with van der Waals surface area (Å²) < 4.78 is 1.07. The number of nitrogens with zero attached hydrogens (tertiary/aromatic N) is 2. The summed E-state index contributed by atoms with van der Waals surface area (Å²) >= 11 is 1.48. The number of nitrogens with one attached hydrogen (secondary N) is 1. The molecule has 1 N–H and O–H groups in total. The van der Waals surface area contributed by atoms with E-state index in [9.17, 15) is 4.79 Å². The molecule has 0 spiro atoms. The second-order valence-corrected chi connectivity index (χ2v) is 7.95. The molecular formula is C17H21N3OS. The van der Waals surface area contributed by atoms with Crippen molar-refractivity contribution in [3.8, 4) is 0 Å². The molecule has 0 unspecified atom stereocenters. The van der Waals surface area contributed by atoms with E-state index in [2.05, 4.69) is 29.0 Å². The molecule has 2 bridgehead atoms. The first-order valence-electron chi connectivity index (χ1n) is 7.97. The Morgan fingerprint density at radius 1 is 1.32 bits per heavy atom. The van der Waals surface area contributed by atoms with Crippen LogP contribution in [-0.4, -0.2) is 40.5 Å². The van der Waals surface area contributed by atoms with Gasteiger partial charge in [-0.3, -0.25) is 9.69 Å². The van der Waals surface area contributed by atoms with Gasteiger partial charge in [0.05, 0.1) is 10.2 Å². The number of fused-ring (bicyclic) bond motifs is 4. The minimum atomic E-state index is -0.0203. The zero-order valence-electron chi connectivity index (χ0n) is 13.0. The number of carbonyl (C=O) groups is 1. The van der Waals surface area contributed by atoms with Crippen molar-refractivity contribution in [1.29, 1.82) is 0 Å². The quantitative estimate of drug-likeness (QED) is 0.927. The van der Waals surface area contributed by atoms with Gasteiger partial charge in [0.25, 0.3) is 5.91 Å². The first kappa shape index (κ1) is 14.2. The molecule has 0 saturated carbocycles. The van der Waals surface area contributed by atoms with Crippen LogP contribution in [0.2, 0.25) is 0 Å². The number of carbonyl (C=O) groups excluding carboxylic acids is 1. The van der Waals surface area contributed by atoms with Gasteiger partial charge in [0.15, 0.2) is 5.01 Å². The molecule has 3 aliphatic rings. The Morgan fingerprint density at radius 3 is 2.73 bits per heavy atom. The van der Waals surface area contributed by atoms with Crippen LogP contribution in [-0.2, 0) is 0 Å². The highest BCUT2D eigenvalue weighted by molar-refractivity contribution is 7.20. The highest BCUT2D eigenvalue weighted by atomic mass is 32.1. The number of rotatable bonds is 2. The predicted octanol–water partition coefficient (Wildman–Crippen LogP) is 2.90. The first-order chi connectivity index (χ1) is 10.6. The van der Waals surface area contributed by atoms with Crippen LogP contribution in [0, 0.1) is 5.92 Å². The first-order valence-corrected chi connectivity index (χ1v) is 8.79. The van der Waals surface area contributed by atoms with Crippen LogP contribution < -0.4 is 5.32 Å². The molecule has 0 aliphatic carbocycles. The van der Waals surface area contributed by atoms with Crippen LogP contribution in [0.4, 0.5) is 0 Å². The Bertz CT molecular complexity index is 683. The van der Waals surface area contributed by atoms with Gasteiger partial charge in [-0.05, 0) is 57.8 Å². The third kappa shape index (κ3) is 2.15. The lowest BCUT2D eigenvalue weighted by Crippen LogP contribution is -2.69. The second-order valence-electron chi connectivity index (χ2n) is 6.92. The maximum absolute atomic E-state index is 12.7. The van der Waals surface area contributed by atoms with E-state index in [1.807, 2.05) is 24.3 Å². The molecule has 3 fully saturated rings. The number of hydrogen-bond acceptors (Lipinski definition) is 4. The molecule has 0 radical (unpaired) electrons. The van der Waals surface area contributed by atoms with Crippen molar-refractivity contribution in [2.75, 3.05) is 13.1 Å². The van der Waals surface area contributed by atoms with E-state index in [4.69, 9.17) is 0 Å². The lowest BCUT2D eigenvalue weighted by Gasteiger charge is -2.56. The van der Waals surface area contributed by atoms with E-state index in [1.54, 1.807) is 0 Å². The fourth-order valence-corrected chi connectivity index (χ4v) is 4.92. The van der Waals surface area contributed by atoms with Crippen LogP contribution in [0.5, 0.6) is 0 Å². The zero-order valence-corrected chi connectivity index (χ0v) is 13.8. The number of thiazole rings is 1. The summed E-state index contributed by atoms with van der Waals surface area (Å²) in [4.78, 5) is 19.7. The summed E-state index contributed by atoms with van der Waals surface area (Å²) in [6.45, 7) is 6.82. The van der Waals surface area contributed by atoms with Crippen molar-refractivity contribution >= 4 is 27.5 Å². The highest BCUT2D eigenvalue weighted by Gasteiger charge is 2.48. The number of aromatic nitrogens is 1. The molecule has 1 aromatic heterocycles. The van der Waals surface area contributed by atoms with Crippen LogP contribution in [0.15, 0.2) is 24.3 Å². The van der Waals surface area contributed by atoms with Crippen LogP contribution in [0.25, 0.3) is 10.2 Å². The standard InChI is InChI=1S/C17H21N3OS/c1-17(2)14(11-7-9-20(17)10-8-11)19-15(21)16-18-12-5-3-4-6-13(12)22-16/h3-6,11,14H,7-10H2,1-2H3,(H,19,21)/t14-/m0/s1. The summed E-state index contributed by atoms with van der Waals surface area (Å²) in [5.74, 6) is 0.575. The summed E-state index contributed by atoms with van der Waals surface area (Å²) in [7, 11) is 0. The Hall–Kier alpha value is -1.46. The van der Waals surface area contributed by atoms with Gasteiger partial charge in [0.1, 0.15) is 0 Å². The van der Waals surface area contributed by atoms with E-state index in [0.29, 0.717) is 10.9 Å². The third-order valence-electron chi connectivity index (χ3n) is 5.36. The lowest BCUT2D eigenvalue weighted by atomic mass is 9.72. The van der Waals surface area contributed by atoms with Gasteiger partial charge in [0.2, 0.25) is 0 Å². The molecule has 2 aromatic rings. The fourth-order valence-electron chi connectivity index (χ4n) is 4.05. The van der Waals surface area contributed by atoms with Gasteiger partial charge in [-0.25, -0.2) is 4.98 Å². The van der Waals surface area contributed by atoms with Gasteiger partial charge in [-0.2, -0.15) is 0 Å². The molecular weight excluding hydrogens is 294 g/mol. The molecule has 1 amide bonds. The monoisotopic (exact) mass is 315 g/mol. The molecule has 4 nitrogen and oxygen atoms in total. The molecule has 4 heterocycles. The van der Waals surface area contributed by atoms with Crippen molar-refractivity contribution < 1.29 is 4.79 Å². The molecule has 5 heteroatoms. The largest absolute Gasteiger partial charge is 0.345 e. The summed E-state index contributed by atoms with van der Waals surface area (Å²) in [5, 5.41) is 3.86. The van der Waals surface area contributed by atoms with Crippen molar-refractivity contribution in [2.45, 2.75) is 38.3 Å². The maximum Gasteiger partial charge on any atom is 0.280 e. The van der Waals surface area contributed by atoms with Crippen molar-refractivity contribution in [3.63, 3.8) is 0 Å². The average molecular weight is 315 g/mol. The molecule has 22 heavy (non-hydrogen) atoms. The number of para-hydroxylation sites is 1. The molecule has 1 aromatic carbocycles. The Morgan fingerprint density at radius 2 is 2.05 bits per heavy atom. The fraction of sp³-hybridized carbons (Fsp3) is 0.529. The number of benzene rings is 1. The van der Waals surface area contributed by atoms with Gasteiger partial charge in [0, 0.05) is 11.6 Å². The van der Waals surface area contributed by atoms with Gasteiger partial charge >= 0.3 is 0 Å². The normalized spacial score (nSPS) is 29.6. The topological polar surface area (TPSA) is 45.2 Å². The zero-order chi connectivity index (χ0) is 15.3. The van der Waals surface area contributed by atoms with Crippen LogP contribution in [0.1, 0.15) is 36.5 Å². The van der Waals surface area contributed by atoms with Gasteiger partial charge < -0.3 is 5.32 Å². The summed E-state index contributed by atoms with van der Waals surface area (Å²) in [6, 6.07) is 8.14. The molecule has 3 saturated heterocycles. The smallest absolute Gasteiger partial charge is 0.280 e. The van der Waals surface area contributed by atoms with E-state index in [-0.39, 0.29) is 17.5 Å². The highest BCUT2D eigenvalue weighted by Crippen LogP contribution is 2.39. The molecule has 5 rings (SSSR count). The Labute approximate surface area is 134 Å². The number of piperidine rings is 3. The summed E-state index contributed by atoms with van der Waals surface area (Å²) in [6.07, 6.45) is 2.38. The van der Waals surface area contributed by atoms with Crippen molar-refractivity contribution in [3.05, 3.63) is 29.3 Å². The van der Waals surface area contributed by atoms with Gasteiger partial charge in [-0.15, -0.1) is 11.3 Å². The molecule has 3 aliphatic heterocycles. The van der Waals surface area contributed by atoms with Crippen molar-refractivity contribution in [2.24, 2.45) is 5.92 Å². The summed E-state index contributed by atoms with van der Waals surface area (Å²) in [5.41, 5.74) is 0.943. The lowest BCUT2D eigenvalue weighted by molar-refractivity contribution is -0.0378. The minimum Gasteiger partial charge on any atom is -0.345 e. The molecule has 116 valence electrons.